The van der Waals surface area contributed by atoms with Gasteiger partial charge in [-0.25, -0.2) is 0 Å². The van der Waals surface area contributed by atoms with E-state index in [0.29, 0.717) is 6.04 Å². The molecule has 18 heavy (non-hydrogen) atoms. The summed E-state index contributed by atoms with van der Waals surface area (Å²) in [5.74, 6) is 0. The van der Waals surface area contributed by atoms with Crippen LogP contribution in [0.3, 0.4) is 0 Å². The van der Waals surface area contributed by atoms with Gasteiger partial charge in [-0.15, -0.1) is 0 Å². The Balaban J connectivity index is 2.02. The first kappa shape index (κ1) is 13.1. The van der Waals surface area contributed by atoms with Gasteiger partial charge < -0.3 is 5.32 Å². The Kier molecular flexibility index (Phi) is 4.74. The largest absolute Gasteiger partial charge is 0.315 e. The van der Waals surface area contributed by atoms with Crippen molar-refractivity contribution in [3.8, 4) is 6.07 Å². The standard InChI is InChI=1S/C15H21N3/c1-2-18(15-7-4-8-17-11-15)12-14-6-3-5-13(9-14)10-16/h3,5-6,9,15,17H,2,4,7-8,11-12H2,1H3. The normalized spacial score (nSPS) is 19.7. The number of likely N-dealkylation sites (N-methyl/N-ethyl adjacent to an activating group) is 1. The van der Waals surface area contributed by atoms with Crippen LogP contribution in [0.25, 0.3) is 0 Å². The van der Waals surface area contributed by atoms with Crippen molar-refractivity contribution in [1.82, 2.24) is 10.2 Å². The summed E-state index contributed by atoms with van der Waals surface area (Å²) in [5.41, 5.74) is 1.99. The molecule has 96 valence electrons. The molecule has 0 spiro atoms. The summed E-state index contributed by atoms with van der Waals surface area (Å²) in [5, 5.41) is 12.4. The summed E-state index contributed by atoms with van der Waals surface area (Å²) in [6.45, 7) is 6.45. The fourth-order valence-corrected chi connectivity index (χ4v) is 2.62. The number of hydrogen-bond donors (Lipinski definition) is 1. The van der Waals surface area contributed by atoms with Crippen LogP contribution in [0.1, 0.15) is 30.9 Å². The number of rotatable bonds is 4. The highest BCUT2D eigenvalue weighted by Crippen LogP contribution is 2.14. The van der Waals surface area contributed by atoms with Gasteiger partial charge in [0.1, 0.15) is 0 Å². The van der Waals surface area contributed by atoms with Gasteiger partial charge in [0.25, 0.3) is 0 Å². The zero-order valence-electron chi connectivity index (χ0n) is 11.0. The summed E-state index contributed by atoms with van der Waals surface area (Å²) in [6, 6.07) is 10.8. The van der Waals surface area contributed by atoms with E-state index in [1.165, 1.54) is 18.4 Å². The van der Waals surface area contributed by atoms with Crippen LogP contribution < -0.4 is 5.32 Å². The first-order valence-electron chi connectivity index (χ1n) is 6.77. The molecule has 1 saturated heterocycles. The highest BCUT2D eigenvalue weighted by molar-refractivity contribution is 5.32. The molecule has 1 aromatic carbocycles. The first-order chi connectivity index (χ1) is 8.83. The molecule has 0 aromatic heterocycles. The van der Waals surface area contributed by atoms with E-state index in [1.807, 2.05) is 18.2 Å². The van der Waals surface area contributed by atoms with E-state index in [0.717, 1.165) is 31.7 Å². The van der Waals surface area contributed by atoms with Crippen LogP contribution in [0.2, 0.25) is 0 Å². The summed E-state index contributed by atoms with van der Waals surface area (Å²) in [7, 11) is 0. The SMILES string of the molecule is CCN(Cc1cccc(C#N)c1)C1CCCNC1. The zero-order valence-corrected chi connectivity index (χ0v) is 11.0. The third-order valence-corrected chi connectivity index (χ3v) is 3.64. The highest BCUT2D eigenvalue weighted by atomic mass is 15.2. The van der Waals surface area contributed by atoms with E-state index in [9.17, 15) is 0 Å². The maximum Gasteiger partial charge on any atom is 0.0991 e. The number of nitrogens with one attached hydrogen (secondary N) is 1. The Morgan fingerprint density at radius 1 is 1.50 bits per heavy atom. The van der Waals surface area contributed by atoms with Gasteiger partial charge >= 0.3 is 0 Å². The molecule has 2 rings (SSSR count). The molecule has 0 radical (unpaired) electrons. The molecule has 1 heterocycles. The van der Waals surface area contributed by atoms with Crippen LogP contribution in [-0.4, -0.2) is 30.6 Å². The molecule has 1 aliphatic heterocycles. The Hall–Kier alpha value is -1.37. The highest BCUT2D eigenvalue weighted by Gasteiger charge is 2.19. The quantitative estimate of drug-likeness (QED) is 0.880. The van der Waals surface area contributed by atoms with Gasteiger partial charge in [-0.2, -0.15) is 5.26 Å². The predicted molar refractivity (Wildman–Crippen MR) is 73.1 cm³/mol. The minimum absolute atomic E-state index is 0.634. The van der Waals surface area contributed by atoms with Crippen molar-refractivity contribution in [1.29, 1.82) is 5.26 Å². The molecule has 3 heteroatoms. The molecule has 1 atom stereocenters. The third-order valence-electron chi connectivity index (χ3n) is 3.64. The second kappa shape index (κ2) is 6.53. The van der Waals surface area contributed by atoms with Crippen molar-refractivity contribution in [2.24, 2.45) is 0 Å². The van der Waals surface area contributed by atoms with Gasteiger partial charge in [0.05, 0.1) is 11.6 Å². The van der Waals surface area contributed by atoms with E-state index < -0.39 is 0 Å². The minimum Gasteiger partial charge on any atom is -0.315 e. The lowest BCUT2D eigenvalue weighted by Crippen LogP contribution is -2.45. The fourth-order valence-electron chi connectivity index (χ4n) is 2.62. The van der Waals surface area contributed by atoms with Crippen molar-refractivity contribution in [3.63, 3.8) is 0 Å². The monoisotopic (exact) mass is 243 g/mol. The van der Waals surface area contributed by atoms with Gasteiger partial charge in [0.15, 0.2) is 0 Å². The van der Waals surface area contributed by atoms with Crippen LogP contribution in [-0.2, 0) is 6.54 Å². The van der Waals surface area contributed by atoms with Crippen LogP contribution in [0, 0.1) is 11.3 Å². The van der Waals surface area contributed by atoms with Gasteiger partial charge in [-0.05, 0) is 43.6 Å². The van der Waals surface area contributed by atoms with Gasteiger partial charge in [0.2, 0.25) is 0 Å². The lowest BCUT2D eigenvalue weighted by atomic mass is 10.0. The first-order valence-corrected chi connectivity index (χ1v) is 6.77. The van der Waals surface area contributed by atoms with E-state index >= 15 is 0 Å². The van der Waals surface area contributed by atoms with Crippen LogP contribution in [0.4, 0.5) is 0 Å². The molecule has 1 unspecified atom stereocenters. The van der Waals surface area contributed by atoms with Crippen molar-refractivity contribution in [2.75, 3.05) is 19.6 Å². The number of nitriles is 1. The Morgan fingerprint density at radius 2 is 2.39 bits per heavy atom. The smallest absolute Gasteiger partial charge is 0.0991 e. The van der Waals surface area contributed by atoms with Gasteiger partial charge in [0, 0.05) is 19.1 Å². The Morgan fingerprint density at radius 3 is 3.06 bits per heavy atom. The molecule has 0 amide bonds. The molecule has 1 N–H and O–H groups in total. The topological polar surface area (TPSA) is 39.1 Å². The fraction of sp³-hybridized carbons (Fsp3) is 0.533. The maximum absolute atomic E-state index is 8.93. The van der Waals surface area contributed by atoms with Crippen LogP contribution in [0.15, 0.2) is 24.3 Å². The summed E-state index contributed by atoms with van der Waals surface area (Å²) in [4.78, 5) is 2.50. The minimum atomic E-state index is 0.634. The van der Waals surface area contributed by atoms with E-state index in [-0.39, 0.29) is 0 Å². The third kappa shape index (κ3) is 3.32. The molecular weight excluding hydrogens is 222 g/mol. The lowest BCUT2D eigenvalue weighted by Gasteiger charge is -2.34. The van der Waals surface area contributed by atoms with Crippen molar-refractivity contribution in [2.45, 2.75) is 32.4 Å². The molecule has 1 fully saturated rings. The average Bonchev–Trinajstić information content (AvgIpc) is 2.46. The van der Waals surface area contributed by atoms with Gasteiger partial charge in [-0.1, -0.05) is 19.1 Å². The number of nitrogens with zero attached hydrogens (tertiary/aromatic N) is 2. The molecule has 3 nitrogen and oxygen atoms in total. The molecule has 1 aliphatic rings. The van der Waals surface area contributed by atoms with E-state index in [4.69, 9.17) is 5.26 Å². The second-order valence-corrected chi connectivity index (χ2v) is 4.88. The Bertz CT molecular complexity index is 416. The molecular formula is C15H21N3. The van der Waals surface area contributed by atoms with E-state index in [1.54, 1.807) is 0 Å². The second-order valence-electron chi connectivity index (χ2n) is 4.88. The maximum atomic E-state index is 8.93. The summed E-state index contributed by atoms with van der Waals surface area (Å²) >= 11 is 0. The molecule has 0 saturated carbocycles. The average molecular weight is 243 g/mol. The van der Waals surface area contributed by atoms with Crippen LogP contribution >= 0.6 is 0 Å². The summed E-state index contributed by atoms with van der Waals surface area (Å²) < 4.78 is 0. The van der Waals surface area contributed by atoms with Crippen molar-refractivity contribution in [3.05, 3.63) is 35.4 Å². The van der Waals surface area contributed by atoms with Crippen LogP contribution in [0.5, 0.6) is 0 Å². The van der Waals surface area contributed by atoms with Crippen molar-refractivity contribution >= 4 is 0 Å². The number of hydrogen-bond acceptors (Lipinski definition) is 3. The molecule has 0 aliphatic carbocycles. The van der Waals surface area contributed by atoms with Crippen molar-refractivity contribution < 1.29 is 0 Å². The number of benzene rings is 1. The van der Waals surface area contributed by atoms with Gasteiger partial charge in [-0.3, -0.25) is 4.90 Å². The lowest BCUT2D eigenvalue weighted by molar-refractivity contribution is 0.166. The predicted octanol–water partition coefficient (Wildman–Crippen LogP) is 2.13. The molecule has 0 bridgehead atoms. The zero-order chi connectivity index (χ0) is 12.8. The molecule has 1 aromatic rings. The summed E-state index contributed by atoms with van der Waals surface area (Å²) in [6.07, 6.45) is 2.54. The van der Waals surface area contributed by atoms with E-state index in [2.05, 4.69) is 29.3 Å². The number of piperidine rings is 1. The Labute approximate surface area is 109 Å².